The van der Waals surface area contributed by atoms with Crippen molar-refractivity contribution in [3.8, 4) is 0 Å². The Morgan fingerprint density at radius 1 is 1.53 bits per heavy atom. The first-order chi connectivity index (χ1) is 7.04. The van der Waals surface area contributed by atoms with E-state index in [0.717, 1.165) is 12.0 Å². The molecule has 15 heavy (non-hydrogen) atoms. The van der Waals surface area contributed by atoms with Gasteiger partial charge in [0.15, 0.2) is 0 Å². The summed E-state index contributed by atoms with van der Waals surface area (Å²) in [6.45, 7) is 5.75. The molecule has 3 heteroatoms. The number of hydrogen-bond acceptors (Lipinski definition) is 3. The molecule has 0 spiro atoms. The quantitative estimate of drug-likeness (QED) is 0.612. The fraction of sp³-hybridized carbons (Fsp3) is 0.417. The zero-order valence-corrected chi connectivity index (χ0v) is 9.41. The first kappa shape index (κ1) is 11.6. The molecule has 0 amide bonds. The molecule has 2 N–H and O–H groups in total. The van der Waals surface area contributed by atoms with Gasteiger partial charge < -0.3 is 10.5 Å². The van der Waals surface area contributed by atoms with Gasteiger partial charge >= 0.3 is 5.97 Å². The van der Waals surface area contributed by atoms with Crippen molar-refractivity contribution in [2.45, 2.75) is 33.3 Å². The van der Waals surface area contributed by atoms with E-state index in [2.05, 4.69) is 0 Å². The maximum absolute atomic E-state index is 11.6. The average Bonchev–Trinajstić information content (AvgIpc) is 2.21. The van der Waals surface area contributed by atoms with Gasteiger partial charge in [-0.25, -0.2) is 4.79 Å². The molecule has 0 bridgehead atoms. The summed E-state index contributed by atoms with van der Waals surface area (Å²) < 4.78 is 5.19. The van der Waals surface area contributed by atoms with Crippen LogP contribution in [0.5, 0.6) is 0 Å². The molecule has 0 saturated carbocycles. The largest absolute Gasteiger partial charge is 0.459 e. The summed E-state index contributed by atoms with van der Waals surface area (Å²) in [5.74, 6) is -0.309. The van der Waals surface area contributed by atoms with Crippen LogP contribution in [0.1, 0.15) is 36.2 Å². The first-order valence-electron chi connectivity index (χ1n) is 5.11. The van der Waals surface area contributed by atoms with E-state index in [1.807, 2.05) is 26.8 Å². The molecule has 3 nitrogen and oxygen atoms in total. The van der Waals surface area contributed by atoms with Crippen LogP contribution in [-0.4, -0.2) is 12.1 Å². The lowest BCUT2D eigenvalue weighted by Crippen LogP contribution is -2.14. The van der Waals surface area contributed by atoms with Crippen molar-refractivity contribution in [1.82, 2.24) is 0 Å². The highest BCUT2D eigenvalue weighted by Crippen LogP contribution is 2.14. The molecule has 0 radical (unpaired) electrons. The first-order valence-corrected chi connectivity index (χ1v) is 5.11. The van der Waals surface area contributed by atoms with E-state index in [1.165, 1.54) is 0 Å². The van der Waals surface area contributed by atoms with Crippen molar-refractivity contribution in [2.75, 3.05) is 5.73 Å². The minimum absolute atomic E-state index is 0.0555. The number of carbonyl (C=O) groups excluding carboxylic acids is 1. The second-order valence-electron chi connectivity index (χ2n) is 3.70. The van der Waals surface area contributed by atoms with Crippen LogP contribution >= 0.6 is 0 Å². The third kappa shape index (κ3) is 2.98. The van der Waals surface area contributed by atoms with Crippen molar-refractivity contribution >= 4 is 11.7 Å². The molecule has 0 fully saturated rings. The molecule has 0 heterocycles. The molecule has 0 aromatic heterocycles. The van der Waals surface area contributed by atoms with Crippen molar-refractivity contribution in [3.05, 3.63) is 29.3 Å². The van der Waals surface area contributed by atoms with Gasteiger partial charge in [0.25, 0.3) is 0 Å². The van der Waals surface area contributed by atoms with Crippen LogP contribution in [0.4, 0.5) is 5.69 Å². The number of anilines is 1. The Labute approximate surface area is 90.2 Å². The number of carbonyl (C=O) groups is 1. The topological polar surface area (TPSA) is 52.3 Å². The highest BCUT2D eigenvalue weighted by Gasteiger charge is 2.11. The number of benzene rings is 1. The van der Waals surface area contributed by atoms with Crippen LogP contribution < -0.4 is 5.73 Å². The van der Waals surface area contributed by atoms with Crippen LogP contribution in [0.25, 0.3) is 0 Å². The monoisotopic (exact) mass is 207 g/mol. The summed E-state index contributed by atoms with van der Waals surface area (Å²) in [6, 6.07) is 5.21. The Hall–Kier alpha value is -1.51. The lowest BCUT2D eigenvalue weighted by molar-refractivity contribution is 0.0334. The Kier molecular flexibility index (Phi) is 3.72. The van der Waals surface area contributed by atoms with E-state index in [0.29, 0.717) is 11.3 Å². The normalized spacial score (nSPS) is 12.2. The summed E-state index contributed by atoms with van der Waals surface area (Å²) in [6.07, 6.45) is 0.757. The number of nitrogens with two attached hydrogens (primary N) is 1. The van der Waals surface area contributed by atoms with E-state index < -0.39 is 0 Å². The van der Waals surface area contributed by atoms with E-state index >= 15 is 0 Å². The van der Waals surface area contributed by atoms with Crippen molar-refractivity contribution < 1.29 is 9.53 Å². The highest BCUT2D eigenvalue weighted by atomic mass is 16.5. The second-order valence-corrected chi connectivity index (χ2v) is 3.70. The van der Waals surface area contributed by atoms with Gasteiger partial charge in [-0.15, -0.1) is 0 Å². The molecule has 1 rings (SSSR count). The fourth-order valence-electron chi connectivity index (χ4n) is 1.10. The van der Waals surface area contributed by atoms with E-state index in [9.17, 15) is 4.79 Å². The summed E-state index contributed by atoms with van der Waals surface area (Å²) >= 11 is 0. The molecule has 82 valence electrons. The van der Waals surface area contributed by atoms with Crippen molar-refractivity contribution in [3.63, 3.8) is 0 Å². The minimum atomic E-state index is -0.309. The molecule has 1 atom stereocenters. The number of hydrogen-bond donors (Lipinski definition) is 1. The van der Waals surface area contributed by atoms with Crippen molar-refractivity contribution in [2.24, 2.45) is 0 Å². The number of esters is 1. The van der Waals surface area contributed by atoms with Gasteiger partial charge in [-0.3, -0.25) is 0 Å². The summed E-state index contributed by atoms with van der Waals surface area (Å²) in [5.41, 5.74) is 7.81. The predicted molar refractivity (Wildman–Crippen MR) is 60.8 cm³/mol. The Morgan fingerprint density at radius 2 is 2.20 bits per heavy atom. The Balaban J connectivity index is 2.78. The predicted octanol–water partition coefficient (Wildman–Crippen LogP) is 2.53. The van der Waals surface area contributed by atoms with Gasteiger partial charge in [0, 0.05) is 5.69 Å². The number of nitrogen functional groups attached to an aromatic ring is 1. The molecule has 1 aromatic rings. The van der Waals surface area contributed by atoms with E-state index in [4.69, 9.17) is 10.5 Å². The van der Waals surface area contributed by atoms with Gasteiger partial charge in [-0.2, -0.15) is 0 Å². The van der Waals surface area contributed by atoms with Gasteiger partial charge in [-0.1, -0.05) is 13.0 Å². The highest BCUT2D eigenvalue weighted by molar-refractivity contribution is 5.90. The van der Waals surface area contributed by atoms with Gasteiger partial charge in [0.05, 0.1) is 11.7 Å². The molecule has 1 aromatic carbocycles. The smallest absolute Gasteiger partial charge is 0.338 e. The third-order valence-electron chi connectivity index (χ3n) is 2.40. The summed E-state index contributed by atoms with van der Waals surface area (Å²) in [5, 5.41) is 0. The fourth-order valence-corrected chi connectivity index (χ4v) is 1.10. The van der Waals surface area contributed by atoms with Crippen LogP contribution in [0.15, 0.2) is 18.2 Å². The van der Waals surface area contributed by atoms with Crippen LogP contribution in [-0.2, 0) is 4.74 Å². The minimum Gasteiger partial charge on any atom is -0.459 e. The van der Waals surface area contributed by atoms with Crippen LogP contribution in [0, 0.1) is 6.92 Å². The Bertz CT molecular complexity index is 361. The molecule has 0 saturated heterocycles. The lowest BCUT2D eigenvalue weighted by atomic mass is 10.1. The maximum Gasteiger partial charge on any atom is 0.338 e. The molecule has 1 unspecified atom stereocenters. The molecule has 0 aliphatic carbocycles. The van der Waals surface area contributed by atoms with E-state index in [1.54, 1.807) is 12.1 Å². The molecule has 0 aliphatic heterocycles. The third-order valence-corrected chi connectivity index (χ3v) is 2.40. The van der Waals surface area contributed by atoms with Crippen molar-refractivity contribution in [1.29, 1.82) is 0 Å². The summed E-state index contributed by atoms with van der Waals surface area (Å²) in [7, 11) is 0. The number of rotatable bonds is 3. The number of aryl methyl sites for hydroxylation is 1. The molecular formula is C12H17NO2. The average molecular weight is 207 g/mol. The molecular weight excluding hydrogens is 190 g/mol. The van der Waals surface area contributed by atoms with Gasteiger partial charge in [0.2, 0.25) is 0 Å². The standard InChI is InChI=1S/C12H17NO2/c1-4-9(3)15-12(14)10-6-5-8(2)11(13)7-10/h5-7,9H,4,13H2,1-3H3. The maximum atomic E-state index is 11.6. The zero-order valence-electron chi connectivity index (χ0n) is 9.41. The van der Waals surface area contributed by atoms with Crippen LogP contribution in [0.2, 0.25) is 0 Å². The molecule has 0 aliphatic rings. The zero-order chi connectivity index (χ0) is 11.4. The van der Waals surface area contributed by atoms with Crippen LogP contribution in [0.3, 0.4) is 0 Å². The SMILES string of the molecule is CCC(C)OC(=O)c1ccc(C)c(N)c1. The van der Waals surface area contributed by atoms with Gasteiger partial charge in [-0.05, 0) is 38.0 Å². The van der Waals surface area contributed by atoms with Gasteiger partial charge in [0.1, 0.15) is 0 Å². The second kappa shape index (κ2) is 4.82. The number of ether oxygens (including phenoxy) is 1. The summed E-state index contributed by atoms with van der Waals surface area (Å²) in [4.78, 5) is 11.6. The Morgan fingerprint density at radius 3 is 2.73 bits per heavy atom. The van der Waals surface area contributed by atoms with E-state index in [-0.39, 0.29) is 12.1 Å². The lowest BCUT2D eigenvalue weighted by Gasteiger charge is -2.11.